The van der Waals surface area contributed by atoms with Gasteiger partial charge in [0.25, 0.3) is 5.91 Å². The number of nitrogens with one attached hydrogen (secondary N) is 1. The van der Waals surface area contributed by atoms with Crippen LogP contribution in [0.1, 0.15) is 15.2 Å². The van der Waals surface area contributed by atoms with Gasteiger partial charge >= 0.3 is 5.97 Å². The van der Waals surface area contributed by atoms with Crippen molar-refractivity contribution in [1.82, 2.24) is 25.5 Å². The van der Waals surface area contributed by atoms with E-state index < -0.39 is 5.97 Å². The number of thioether (sulfide) groups is 1. The molecule has 1 N–H and O–H groups in total. The Labute approximate surface area is 163 Å². The molecule has 8 nitrogen and oxygen atoms in total. The van der Waals surface area contributed by atoms with Crippen molar-refractivity contribution in [2.45, 2.75) is 5.75 Å². The van der Waals surface area contributed by atoms with Crippen molar-refractivity contribution < 1.29 is 14.3 Å². The first-order valence-corrected chi connectivity index (χ1v) is 10.1. The lowest BCUT2D eigenvalue weighted by Gasteiger charge is -2.07. The minimum Gasteiger partial charge on any atom is -0.452 e. The van der Waals surface area contributed by atoms with Crippen molar-refractivity contribution in [3.05, 3.63) is 58.5 Å². The summed E-state index contributed by atoms with van der Waals surface area (Å²) in [4.78, 5) is 25.1. The molecule has 140 valence electrons. The first-order valence-electron chi connectivity index (χ1n) is 8.10. The summed E-state index contributed by atoms with van der Waals surface area (Å²) in [6.07, 6.45) is 1.45. The SMILES string of the molecule is O=C(COC(=O)c1ccc(-n2cnnn2)cc1)NCCSCc1cccs1. The van der Waals surface area contributed by atoms with Crippen molar-refractivity contribution >= 4 is 35.0 Å². The molecule has 1 aromatic carbocycles. The third-order valence-corrected chi connectivity index (χ3v) is 5.51. The lowest BCUT2D eigenvalue weighted by Crippen LogP contribution is -2.30. The summed E-state index contributed by atoms with van der Waals surface area (Å²) in [5.74, 6) is 0.866. The Morgan fingerprint density at radius 2 is 2.07 bits per heavy atom. The molecule has 0 spiro atoms. The number of benzene rings is 1. The molecule has 2 aromatic heterocycles. The molecular formula is C17H17N5O3S2. The van der Waals surface area contributed by atoms with Gasteiger partial charge in [-0.15, -0.1) is 16.4 Å². The van der Waals surface area contributed by atoms with Gasteiger partial charge in [-0.05, 0) is 46.1 Å². The summed E-state index contributed by atoms with van der Waals surface area (Å²) in [7, 11) is 0. The normalized spacial score (nSPS) is 10.5. The Bertz CT molecular complexity index is 851. The summed E-state index contributed by atoms with van der Waals surface area (Å²) >= 11 is 3.47. The molecule has 0 atom stereocenters. The highest BCUT2D eigenvalue weighted by Gasteiger charge is 2.10. The number of aromatic nitrogens is 4. The van der Waals surface area contributed by atoms with Gasteiger partial charge in [-0.25, -0.2) is 9.48 Å². The first kappa shape index (κ1) is 19.1. The van der Waals surface area contributed by atoms with E-state index in [0.29, 0.717) is 17.8 Å². The number of rotatable bonds is 9. The van der Waals surface area contributed by atoms with E-state index in [9.17, 15) is 9.59 Å². The zero-order valence-electron chi connectivity index (χ0n) is 14.3. The van der Waals surface area contributed by atoms with Gasteiger partial charge in [0.15, 0.2) is 6.61 Å². The number of tetrazole rings is 1. The molecule has 10 heteroatoms. The summed E-state index contributed by atoms with van der Waals surface area (Å²) in [5, 5.41) is 15.6. The third-order valence-electron chi connectivity index (χ3n) is 3.44. The largest absolute Gasteiger partial charge is 0.452 e. The van der Waals surface area contributed by atoms with E-state index in [1.807, 2.05) is 11.4 Å². The third kappa shape index (κ3) is 5.90. The van der Waals surface area contributed by atoms with E-state index in [1.54, 1.807) is 47.4 Å². The smallest absolute Gasteiger partial charge is 0.338 e. The van der Waals surface area contributed by atoms with Crippen LogP contribution in [0.2, 0.25) is 0 Å². The number of carbonyl (C=O) groups excluding carboxylic acids is 2. The van der Waals surface area contributed by atoms with Crippen LogP contribution in [0.5, 0.6) is 0 Å². The fourth-order valence-electron chi connectivity index (χ4n) is 2.13. The molecule has 1 amide bonds. The van der Waals surface area contributed by atoms with Gasteiger partial charge in [-0.3, -0.25) is 4.79 Å². The molecule has 2 heterocycles. The van der Waals surface area contributed by atoms with Crippen LogP contribution in [0.15, 0.2) is 48.1 Å². The minimum atomic E-state index is -0.555. The van der Waals surface area contributed by atoms with Crippen LogP contribution in [-0.4, -0.2) is 51.0 Å². The summed E-state index contributed by atoms with van der Waals surface area (Å²) in [6.45, 7) is 0.232. The van der Waals surface area contributed by atoms with E-state index in [1.165, 1.54) is 15.9 Å². The second kappa shape index (κ2) is 9.83. The highest BCUT2D eigenvalue weighted by Crippen LogP contribution is 2.16. The molecule has 27 heavy (non-hydrogen) atoms. The van der Waals surface area contributed by atoms with Gasteiger partial charge in [-0.2, -0.15) is 11.8 Å². The van der Waals surface area contributed by atoms with Gasteiger partial charge in [0.2, 0.25) is 0 Å². The lowest BCUT2D eigenvalue weighted by molar-refractivity contribution is -0.124. The zero-order chi connectivity index (χ0) is 18.9. The number of nitrogens with zero attached hydrogens (tertiary/aromatic N) is 4. The van der Waals surface area contributed by atoms with E-state index in [2.05, 4.69) is 26.9 Å². The van der Waals surface area contributed by atoms with Crippen molar-refractivity contribution in [2.75, 3.05) is 18.9 Å². The number of amides is 1. The van der Waals surface area contributed by atoms with E-state index in [-0.39, 0.29) is 12.5 Å². The molecule has 0 aliphatic carbocycles. The maximum absolute atomic E-state index is 12.0. The molecule has 0 fully saturated rings. The van der Waals surface area contributed by atoms with Crippen LogP contribution >= 0.6 is 23.1 Å². The van der Waals surface area contributed by atoms with Crippen LogP contribution in [0.3, 0.4) is 0 Å². The van der Waals surface area contributed by atoms with E-state index in [4.69, 9.17) is 4.74 Å². The quantitative estimate of drug-likeness (QED) is 0.430. The Hall–Kier alpha value is -2.72. The van der Waals surface area contributed by atoms with Crippen LogP contribution < -0.4 is 5.32 Å². The molecular weight excluding hydrogens is 386 g/mol. The predicted molar refractivity (Wildman–Crippen MR) is 103 cm³/mol. The standard InChI is InChI=1S/C17H17N5O3S2/c23-16(18-7-9-26-11-15-2-1-8-27-15)10-25-17(24)13-3-5-14(6-4-13)22-12-19-20-21-22/h1-6,8,12H,7,9-11H2,(H,18,23). The summed E-state index contributed by atoms with van der Waals surface area (Å²) in [6, 6.07) is 10.7. The zero-order valence-corrected chi connectivity index (χ0v) is 15.9. The van der Waals surface area contributed by atoms with Crippen molar-refractivity contribution in [3.63, 3.8) is 0 Å². The van der Waals surface area contributed by atoms with Crippen molar-refractivity contribution in [2.24, 2.45) is 0 Å². The van der Waals surface area contributed by atoms with Crippen molar-refractivity contribution in [3.8, 4) is 5.69 Å². The minimum absolute atomic E-state index is 0.302. The van der Waals surface area contributed by atoms with Crippen molar-refractivity contribution in [1.29, 1.82) is 0 Å². The fourth-order valence-corrected chi connectivity index (χ4v) is 3.82. The predicted octanol–water partition coefficient (Wildman–Crippen LogP) is 1.93. The molecule has 0 saturated carbocycles. The molecule has 0 unspecified atom stereocenters. The topological polar surface area (TPSA) is 99.0 Å². The van der Waals surface area contributed by atoms with Crippen LogP contribution in [0, 0.1) is 0 Å². The van der Waals surface area contributed by atoms with Crippen LogP contribution in [-0.2, 0) is 15.3 Å². The maximum atomic E-state index is 12.0. The van der Waals surface area contributed by atoms with Gasteiger partial charge < -0.3 is 10.1 Å². The second-order valence-corrected chi connectivity index (χ2v) is 7.50. The summed E-state index contributed by atoms with van der Waals surface area (Å²) in [5.41, 5.74) is 1.07. The Balaban J connectivity index is 1.34. The number of esters is 1. The Morgan fingerprint density at radius 3 is 2.78 bits per heavy atom. The Kier molecular flexibility index (Phi) is 6.94. The van der Waals surface area contributed by atoms with E-state index in [0.717, 1.165) is 11.5 Å². The molecule has 3 rings (SSSR count). The first-order chi connectivity index (χ1) is 13.2. The number of hydrogen-bond donors (Lipinski definition) is 1. The second-order valence-electron chi connectivity index (χ2n) is 5.36. The molecule has 0 aliphatic rings. The average molecular weight is 403 g/mol. The number of thiophene rings is 1. The van der Waals surface area contributed by atoms with Crippen LogP contribution in [0.25, 0.3) is 5.69 Å². The van der Waals surface area contributed by atoms with E-state index >= 15 is 0 Å². The van der Waals surface area contributed by atoms with Gasteiger partial charge in [0.05, 0.1) is 11.3 Å². The maximum Gasteiger partial charge on any atom is 0.338 e. The highest BCUT2D eigenvalue weighted by atomic mass is 32.2. The Morgan fingerprint density at radius 1 is 1.22 bits per heavy atom. The fraction of sp³-hybridized carbons (Fsp3) is 0.235. The molecule has 0 aliphatic heterocycles. The average Bonchev–Trinajstić information content (AvgIpc) is 3.40. The number of ether oxygens (including phenoxy) is 1. The molecule has 0 saturated heterocycles. The van der Waals surface area contributed by atoms with Gasteiger partial charge in [-0.1, -0.05) is 6.07 Å². The number of hydrogen-bond acceptors (Lipinski definition) is 8. The summed E-state index contributed by atoms with van der Waals surface area (Å²) < 4.78 is 6.50. The van der Waals surface area contributed by atoms with Gasteiger partial charge in [0.1, 0.15) is 6.33 Å². The highest BCUT2D eigenvalue weighted by molar-refractivity contribution is 7.98. The monoisotopic (exact) mass is 403 g/mol. The lowest BCUT2D eigenvalue weighted by atomic mass is 10.2. The molecule has 0 radical (unpaired) electrons. The van der Waals surface area contributed by atoms with Gasteiger partial charge in [0, 0.05) is 22.9 Å². The number of carbonyl (C=O) groups is 2. The van der Waals surface area contributed by atoms with Crippen LogP contribution in [0.4, 0.5) is 0 Å². The molecule has 3 aromatic rings. The molecule has 0 bridgehead atoms.